The summed E-state index contributed by atoms with van der Waals surface area (Å²) in [6.07, 6.45) is 10.7. The van der Waals surface area contributed by atoms with Crippen LogP contribution in [0.25, 0.3) is 11.3 Å². The quantitative estimate of drug-likeness (QED) is 0.0947. The molecule has 48 heavy (non-hydrogen) atoms. The summed E-state index contributed by atoms with van der Waals surface area (Å²) in [5, 5.41) is 22.5. The van der Waals surface area contributed by atoms with Crippen LogP contribution < -0.4 is 16.4 Å². The average Bonchev–Trinajstić information content (AvgIpc) is 3.54. The molecule has 0 saturated heterocycles. The van der Waals surface area contributed by atoms with E-state index in [0.29, 0.717) is 37.3 Å². The van der Waals surface area contributed by atoms with Gasteiger partial charge in [-0.25, -0.2) is 19.6 Å². The molecule has 0 bridgehead atoms. The Labute approximate surface area is 279 Å². The van der Waals surface area contributed by atoms with E-state index in [4.69, 9.17) is 10.8 Å². The van der Waals surface area contributed by atoms with E-state index in [9.17, 15) is 24.3 Å². The molecule has 1 aromatic heterocycles. The van der Waals surface area contributed by atoms with Crippen LogP contribution >= 0.6 is 0 Å². The molecule has 1 aliphatic carbocycles. The van der Waals surface area contributed by atoms with Gasteiger partial charge in [-0.15, -0.1) is 0 Å². The Balaban J connectivity index is 1.61. The summed E-state index contributed by atoms with van der Waals surface area (Å²) in [5.41, 5.74) is 8.97. The molecule has 0 unspecified atom stereocenters. The van der Waals surface area contributed by atoms with Crippen molar-refractivity contribution in [3.8, 4) is 23.1 Å². The van der Waals surface area contributed by atoms with Gasteiger partial charge in [0.1, 0.15) is 24.2 Å². The molecule has 1 atom stereocenters. The van der Waals surface area contributed by atoms with Crippen molar-refractivity contribution in [2.24, 2.45) is 10.7 Å². The minimum Gasteiger partial charge on any atom is -0.465 e. The molecule has 0 aliphatic heterocycles. The Morgan fingerprint density at radius 1 is 1.08 bits per heavy atom. The van der Waals surface area contributed by atoms with Gasteiger partial charge in [0.25, 0.3) is 0 Å². The third-order valence-electron chi connectivity index (χ3n) is 7.05. The third-order valence-corrected chi connectivity index (χ3v) is 7.05. The number of nitrogens with one attached hydrogen (secondary N) is 3. The molecule has 14 nitrogen and oxygen atoms in total. The Kier molecular flexibility index (Phi) is 14.5. The lowest BCUT2D eigenvalue weighted by Gasteiger charge is -2.27. The number of amides is 4. The topological polar surface area (TPSA) is 206 Å². The van der Waals surface area contributed by atoms with Crippen LogP contribution in [0.1, 0.15) is 50.9 Å². The summed E-state index contributed by atoms with van der Waals surface area (Å²) in [6.45, 7) is 4.62. The number of carbonyl (C=O) groups excluding carboxylic acids is 2. The van der Waals surface area contributed by atoms with Gasteiger partial charge in [0.15, 0.2) is 0 Å². The smallest absolute Gasteiger partial charge is 0.405 e. The standard InChI is InChI=1S/C34H42N8O6/c1-3-18-41(30(43)21-38-33(45)46)22-28(35)36-17-9-8-10-24-13-15-25(16-14-24)27-20-37-29(39-27)23-42(19-4-2)32(44)31(40-34(47)48)26-11-6-5-7-12-26/h6,9,11-17,20,31,38,40H,3-5,7,18-19,21-23H2,1-2H3,(H2,35,36)(H,37,39)(H,45,46)(H,47,48)/b17-9+/t31-/m1/s1. The molecule has 1 aliphatic rings. The lowest BCUT2D eigenvalue weighted by Crippen LogP contribution is -2.49. The molecule has 1 heterocycles. The summed E-state index contributed by atoms with van der Waals surface area (Å²) < 4.78 is 0. The van der Waals surface area contributed by atoms with Crippen molar-refractivity contribution >= 4 is 29.8 Å². The number of benzene rings is 1. The molecule has 7 N–H and O–H groups in total. The van der Waals surface area contributed by atoms with Gasteiger partial charge in [0.2, 0.25) is 11.8 Å². The lowest BCUT2D eigenvalue weighted by atomic mass is 9.99. The van der Waals surface area contributed by atoms with Gasteiger partial charge < -0.3 is 41.4 Å². The molecule has 4 amide bonds. The normalized spacial score (nSPS) is 13.2. The summed E-state index contributed by atoms with van der Waals surface area (Å²) in [4.78, 5) is 62.8. The number of imidazole rings is 1. The van der Waals surface area contributed by atoms with Crippen molar-refractivity contribution < 1.29 is 29.4 Å². The molecule has 14 heteroatoms. The number of aliphatic imine (C=N–C) groups is 1. The maximum atomic E-state index is 13.5. The second kappa shape index (κ2) is 19.0. The molecule has 3 rings (SSSR count). The number of nitrogens with two attached hydrogens (primary N) is 1. The monoisotopic (exact) mass is 658 g/mol. The van der Waals surface area contributed by atoms with E-state index < -0.39 is 24.1 Å². The van der Waals surface area contributed by atoms with E-state index in [1.807, 2.05) is 50.3 Å². The highest BCUT2D eigenvalue weighted by Crippen LogP contribution is 2.20. The van der Waals surface area contributed by atoms with Gasteiger partial charge in [-0.3, -0.25) is 9.59 Å². The number of rotatable bonds is 15. The van der Waals surface area contributed by atoms with Crippen LogP contribution in [-0.4, -0.2) is 92.0 Å². The first-order valence-corrected chi connectivity index (χ1v) is 15.6. The first kappa shape index (κ1) is 36.6. The molecule has 0 radical (unpaired) electrons. The maximum Gasteiger partial charge on any atom is 0.405 e. The number of nitrogens with zero attached hydrogens (tertiary/aromatic N) is 4. The summed E-state index contributed by atoms with van der Waals surface area (Å²) in [5.74, 6) is 5.93. The molecule has 0 fully saturated rings. The van der Waals surface area contributed by atoms with Crippen molar-refractivity contribution in [3.05, 3.63) is 77.9 Å². The molecule has 1 aromatic carbocycles. The minimum absolute atomic E-state index is 0.0633. The SMILES string of the molecule is CCCN(C/C(N)=N/C=C/C#Cc1ccc(-c2cnc(CN(CCC)C(=O)[C@H](NC(=O)O)C3=CCCC=C3)[nH]2)cc1)C(=O)CNC(=O)O. The lowest BCUT2D eigenvalue weighted by molar-refractivity contribution is -0.133. The zero-order valence-corrected chi connectivity index (χ0v) is 27.1. The summed E-state index contributed by atoms with van der Waals surface area (Å²) in [7, 11) is 0. The second-order valence-corrected chi connectivity index (χ2v) is 10.8. The van der Waals surface area contributed by atoms with E-state index in [1.165, 1.54) is 17.2 Å². The van der Waals surface area contributed by atoms with Crippen LogP contribution in [-0.2, 0) is 16.1 Å². The van der Waals surface area contributed by atoms with E-state index in [-0.39, 0.29) is 31.4 Å². The van der Waals surface area contributed by atoms with Gasteiger partial charge >= 0.3 is 12.2 Å². The van der Waals surface area contributed by atoms with E-state index >= 15 is 0 Å². The van der Waals surface area contributed by atoms with Crippen LogP contribution in [0.2, 0.25) is 0 Å². The van der Waals surface area contributed by atoms with E-state index in [0.717, 1.165) is 29.7 Å². The third kappa shape index (κ3) is 11.8. The van der Waals surface area contributed by atoms with Gasteiger partial charge in [-0.1, -0.05) is 56.0 Å². The van der Waals surface area contributed by atoms with Crippen LogP contribution in [0.15, 0.2) is 71.5 Å². The Morgan fingerprint density at radius 3 is 2.46 bits per heavy atom. The van der Waals surface area contributed by atoms with Crippen molar-refractivity contribution in [2.45, 2.75) is 52.1 Å². The average molecular weight is 659 g/mol. The van der Waals surface area contributed by atoms with E-state index in [2.05, 4.69) is 37.4 Å². The number of amidine groups is 1. The zero-order valence-electron chi connectivity index (χ0n) is 27.1. The van der Waals surface area contributed by atoms with Crippen molar-refractivity contribution in [1.29, 1.82) is 0 Å². The summed E-state index contributed by atoms with van der Waals surface area (Å²) >= 11 is 0. The van der Waals surface area contributed by atoms with Crippen LogP contribution in [0.4, 0.5) is 9.59 Å². The molecule has 2 aromatic rings. The number of aromatic nitrogens is 2. The minimum atomic E-state index is -1.28. The van der Waals surface area contributed by atoms with Gasteiger partial charge in [-0.05, 0) is 49.0 Å². The Hall–Kier alpha value is -5.84. The fourth-order valence-electron chi connectivity index (χ4n) is 4.84. The predicted molar refractivity (Wildman–Crippen MR) is 182 cm³/mol. The highest BCUT2D eigenvalue weighted by molar-refractivity contribution is 5.90. The van der Waals surface area contributed by atoms with Crippen LogP contribution in [0.3, 0.4) is 0 Å². The van der Waals surface area contributed by atoms with Crippen LogP contribution in [0, 0.1) is 11.8 Å². The Bertz CT molecular complexity index is 1610. The number of H-pyrrole nitrogens is 1. The fourth-order valence-corrected chi connectivity index (χ4v) is 4.84. The highest BCUT2D eigenvalue weighted by Gasteiger charge is 2.29. The van der Waals surface area contributed by atoms with Crippen LogP contribution in [0.5, 0.6) is 0 Å². The number of aromatic amines is 1. The number of carbonyl (C=O) groups is 4. The van der Waals surface area contributed by atoms with Gasteiger partial charge in [0, 0.05) is 30.9 Å². The molecule has 254 valence electrons. The highest BCUT2D eigenvalue weighted by atomic mass is 16.4. The second-order valence-electron chi connectivity index (χ2n) is 10.8. The van der Waals surface area contributed by atoms with E-state index in [1.54, 1.807) is 17.2 Å². The number of hydrogen-bond acceptors (Lipinski definition) is 6. The molecule has 0 spiro atoms. The predicted octanol–water partition coefficient (Wildman–Crippen LogP) is 3.46. The first-order valence-electron chi connectivity index (χ1n) is 15.6. The fraction of sp³-hybridized carbons (Fsp3) is 0.353. The van der Waals surface area contributed by atoms with Crippen molar-refractivity contribution in [3.63, 3.8) is 0 Å². The number of allylic oxidation sites excluding steroid dienone is 3. The number of hydrogen-bond donors (Lipinski definition) is 6. The van der Waals surface area contributed by atoms with Crippen molar-refractivity contribution in [2.75, 3.05) is 26.2 Å². The Morgan fingerprint density at radius 2 is 1.81 bits per heavy atom. The van der Waals surface area contributed by atoms with Gasteiger partial charge in [-0.2, -0.15) is 0 Å². The molecule has 0 saturated carbocycles. The van der Waals surface area contributed by atoms with Crippen molar-refractivity contribution in [1.82, 2.24) is 30.4 Å². The van der Waals surface area contributed by atoms with Gasteiger partial charge in [0.05, 0.1) is 25.0 Å². The first-order chi connectivity index (χ1) is 23.1. The molecular weight excluding hydrogens is 616 g/mol. The maximum absolute atomic E-state index is 13.5. The molecular formula is C34H42N8O6. The number of carboxylic acid groups (broad SMARTS) is 2. The summed E-state index contributed by atoms with van der Waals surface area (Å²) in [6, 6.07) is 6.50. The largest absolute Gasteiger partial charge is 0.465 e. The zero-order chi connectivity index (χ0) is 34.9.